The first kappa shape index (κ1) is 13.8. The van der Waals surface area contributed by atoms with Crippen molar-refractivity contribution in [2.75, 3.05) is 23.5 Å². The number of nitrogens with two attached hydrogens (primary N) is 1. The summed E-state index contributed by atoms with van der Waals surface area (Å²) in [7, 11) is -3.06. The number of nitro groups is 1. The number of nitrogens with zero attached hydrogens (tertiary/aromatic N) is 1. The molecule has 0 saturated heterocycles. The van der Waals surface area contributed by atoms with Gasteiger partial charge in [-0.3, -0.25) is 10.1 Å². The molecule has 0 unspecified atom stereocenters. The molecule has 0 bridgehead atoms. The summed E-state index contributed by atoms with van der Waals surface area (Å²) in [5.74, 6) is 0.243. The lowest BCUT2D eigenvalue weighted by Crippen LogP contribution is -2.05. The fourth-order valence-corrected chi connectivity index (χ4v) is 3.42. The average Bonchev–Trinajstić information content (AvgIpc) is 2.14. The van der Waals surface area contributed by atoms with Crippen LogP contribution in [-0.4, -0.2) is 31.1 Å². The highest BCUT2D eigenvalue weighted by atomic mass is 32.2. The molecule has 0 spiro atoms. The molecule has 0 aromatic heterocycles. The van der Waals surface area contributed by atoms with Gasteiger partial charge in [-0.2, -0.15) is 0 Å². The van der Waals surface area contributed by atoms with Crippen molar-refractivity contribution < 1.29 is 13.3 Å². The minimum Gasteiger partial charge on any atom is -0.393 e. The molecule has 17 heavy (non-hydrogen) atoms. The van der Waals surface area contributed by atoms with Crippen LogP contribution in [0.3, 0.4) is 0 Å². The Kier molecular flexibility index (Phi) is 4.35. The van der Waals surface area contributed by atoms with Gasteiger partial charge < -0.3 is 5.73 Å². The first-order valence-corrected chi connectivity index (χ1v) is 7.69. The van der Waals surface area contributed by atoms with Gasteiger partial charge in [0, 0.05) is 12.0 Å². The van der Waals surface area contributed by atoms with E-state index < -0.39 is 14.8 Å². The highest BCUT2D eigenvalue weighted by Crippen LogP contribution is 2.33. The summed E-state index contributed by atoms with van der Waals surface area (Å²) in [4.78, 5) is 10.6. The van der Waals surface area contributed by atoms with Crippen molar-refractivity contribution >= 4 is 33.0 Å². The second-order valence-electron chi connectivity index (χ2n) is 3.43. The van der Waals surface area contributed by atoms with Gasteiger partial charge in [-0.15, -0.1) is 11.8 Å². The van der Waals surface area contributed by atoms with Gasteiger partial charge in [-0.1, -0.05) is 6.07 Å². The van der Waals surface area contributed by atoms with Crippen LogP contribution in [0.5, 0.6) is 0 Å². The molecule has 0 amide bonds. The Morgan fingerprint density at radius 3 is 2.65 bits per heavy atom. The molecule has 2 N–H and O–H groups in total. The van der Waals surface area contributed by atoms with Crippen molar-refractivity contribution in [1.29, 1.82) is 0 Å². The van der Waals surface area contributed by atoms with Crippen molar-refractivity contribution in [3.63, 3.8) is 0 Å². The third kappa shape index (κ3) is 4.23. The number of sulfone groups is 1. The normalized spacial score (nSPS) is 11.4. The monoisotopic (exact) mass is 276 g/mol. The van der Waals surface area contributed by atoms with Crippen molar-refractivity contribution in [1.82, 2.24) is 0 Å². The van der Waals surface area contributed by atoms with Gasteiger partial charge in [0.2, 0.25) is 0 Å². The summed E-state index contributed by atoms with van der Waals surface area (Å²) < 4.78 is 21.9. The Bertz CT molecular complexity index is 528. The number of rotatable bonds is 5. The SMILES string of the molecule is CS(=O)(=O)CCSc1cccc(N)c1[N+](=O)[O-]. The van der Waals surface area contributed by atoms with E-state index >= 15 is 0 Å². The molecule has 0 aliphatic rings. The van der Waals surface area contributed by atoms with Gasteiger partial charge >= 0.3 is 5.69 Å². The molecular weight excluding hydrogens is 264 g/mol. The maximum Gasteiger partial charge on any atom is 0.305 e. The molecule has 6 nitrogen and oxygen atoms in total. The minimum absolute atomic E-state index is 0.0242. The number of hydrogen-bond acceptors (Lipinski definition) is 6. The van der Waals surface area contributed by atoms with E-state index in [9.17, 15) is 18.5 Å². The molecule has 0 atom stereocenters. The van der Waals surface area contributed by atoms with Crippen LogP contribution >= 0.6 is 11.8 Å². The summed E-state index contributed by atoms with van der Waals surface area (Å²) in [5, 5.41) is 10.8. The first-order chi connectivity index (χ1) is 7.81. The quantitative estimate of drug-likeness (QED) is 0.376. The van der Waals surface area contributed by atoms with Gasteiger partial charge in [-0.25, -0.2) is 8.42 Å². The van der Waals surface area contributed by atoms with E-state index in [2.05, 4.69) is 0 Å². The molecule has 0 heterocycles. The lowest BCUT2D eigenvalue weighted by molar-refractivity contribution is -0.386. The van der Waals surface area contributed by atoms with E-state index in [-0.39, 0.29) is 22.9 Å². The van der Waals surface area contributed by atoms with Crippen LogP contribution in [0, 0.1) is 10.1 Å². The summed E-state index contributed by atoms with van der Waals surface area (Å²) in [6.07, 6.45) is 1.13. The Morgan fingerprint density at radius 1 is 1.47 bits per heavy atom. The zero-order valence-corrected chi connectivity index (χ0v) is 10.8. The average molecular weight is 276 g/mol. The largest absolute Gasteiger partial charge is 0.393 e. The van der Waals surface area contributed by atoms with Crippen LogP contribution in [0.4, 0.5) is 11.4 Å². The summed E-state index contributed by atoms with van der Waals surface area (Å²) in [5.41, 5.74) is 5.43. The van der Waals surface area contributed by atoms with Gasteiger partial charge in [0.15, 0.2) is 0 Å². The molecule has 1 rings (SSSR count). The number of hydrogen-bond donors (Lipinski definition) is 1. The lowest BCUT2D eigenvalue weighted by Gasteiger charge is -2.04. The smallest absolute Gasteiger partial charge is 0.305 e. The molecule has 94 valence electrons. The Balaban J connectivity index is 2.85. The highest BCUT2D eigenvalue weighted by Gasteiger charge is 2.18. The second kappa shape index (κ2) is 5.37. The van der Waals surface area contributed by atoms with E-state index in [4.69, 9.17) is 5.73 Å². The molecule has 0 aliphatic carbocycles. The Hall–Kier alpha value is -1.28. The number of anilines is 1. The van der Waals surface area contributed by atoms with Gasteiger partial charge in [0.1, 0.15) is 15.5 Å². The predicted molar refractivity (Wildman–Crippen MR) is 67.9 cm³/mol. The minimum atomic E-state index is -3.06. The van der Waals surface area contributed by atoms with Crippen LogP contribution in [0.1, 0.15) is 0 Å². The molecule has 1 aromatic rings. The summed E-state index contributed by atoms with van der Waals surface area (Å²) >= 11 is 1.12. The lowest BCUT2D eigenvalue weighted by atomic mass is 10.3. The van der Waals surface area contributed by atoms with Crippen molar-refractivity contribution in [3.8, 4) is 0 Å². The van der Waals surface area contributed by atoms with Crippen molar-refractivity contribution in [2.24, 2.45) is 0 Å². The molecular formula is C9H12N2O4S2. The number of nitro benzene ring substituents is 1. The van der Waals surface area contributed by atoms with E-state index in [1.54, 1.807) is 12.1 Å². The number of benzene rings is 1. The van der Waals surface area contributed by atoms with Crippen LogP contribution in [0.25, 0.3) is 0 Å². The maximum atomic E-state index is 10.9. The highest BCUT2D eigenvalue weighted by molar-refractivity contribution is 8.00. The predicted octanol–water partition coefficient (Wildman–Crippen LogP) is 1.31. The van der Waals surface area contributed by atoms with Crippen LogP contribution in [0.2, 0.25) is 0 Å². The first-order valence-electron chi connectivity index (χ1n) is 4.64. The molecule has 0 radical (unpaired) electrons. The van der Waals surface area contributed by atoms with E-state index in [0.717, 1.165) is 18.0 Å². The van der Waals surface area contributed by atoms with Crippen LogP contribution in [-0.2, 0) is 9.84 Å². The second-order valence-corrected chi connectivity index (χ2v) is 6.83. The maximum absolute atomic E-state index is 10.9. The van der Waals surface area contributed by atoms with Gasteiger partial charge in [0.25, 0.3) is 0 Å². The standard InChI is InChI=1S/C9H12N2O4S2/c1-17(14,15)6-5-16-8-4-2-3-7(10)9(8)11(12)13/h2-4H,5-6,10H2,1H3. The van der Waals surface area contributed by atoms with Gasteiger partial charge in [-0.05, 0) is 12.1 Å². The van der Waals surface area contributed by atoms with Crippen LogP contribution in [0.15, 0.2) is 23.1 Å². The fourth-order valence-electron chi connectivity index (χ4n) is 1.15. The van der Waals surface area contributed by atoms with Crippen molar-refractivity contribution in [2.45, 2.75) is 4.90 Å². The summed E-state index contributed by atoms with van der Waals surface area (Å²) in [6, 6.07) is 4.60. The Morgan fingerprint density at radius 2 is 2.12 bits per heavy atom. The van der Waals surface area contributed by atoms with E-state index in [0.29, 0.717) is 4.90 Å². The number of para-hydroxylation sites is 1. The number of thioether (sulfide) groups is 1. The molecule has 0 saturated carbocycles. The topological polar surface area (TPSA) is 103 Å². The molecule has 0 aliphatic heterocycles. The molecule has 0 fully saturated rings. The van der Waals surface area contributed by atoms with Crippen LogP contribution < -0.4 is 5.73 Å². The Labute approximate surface area is 103 Å². The fraction of sp³-hybridized carbons (Fsp3) is 0.333. The molecule has 8 heteroatoms. The third-order valence-electron chi connectivity index (χ3n) is 1.92. The number of nitrogen functional groups attached to an aromatic ring is 1. The van der Waals surface area contributed by atoms with E-state index in [1.165, 1.54) is 6.07 Å². The molecule has 1 aromatic carbocycles. The van der Waals surface area contributed by atoms with E-state index in [1.807, 2.05) is 0 Å². The zero-order valence-electron chi connectivity index (χ0n) is 9.12. The van der Waals surface area contributed by atoms with Crippen molar-refractivity contribution in [3.05, 3.63) is 28.3 Å². The zero-order chi connectivity index (χ0) is 13.1. The van der Waals surface area contributed by atoms with Gasteiger partial charge in [0.05, 0.1) is 15.6 Å². The third-order valence-corrected chi connectivity index (χ3v) is 4.18. The summed E-state index contributed by atoms with van der Waals surface area (Å²) in [6.45, 7) is 0.